The van der Waals surface area contributed by atoms with E-state index in [1.165, 1.54) is 0 Å². The highest BCUT2D eigenvalue weighted by Gasteiger charge is 2.14. The highest BCUT2D eigenvalue weighted by atomic mass is 16.4. The number of aromatic carboxylic acids is 1. The second kappa shape index (κ2) is 4.13. The van der Waals surface area contributed by atoms with Gasteiger partial charge in [-0.2, -0.15) is 0 Å². The van der Waals surface area contributed by atoms with Crippen molar-refractivity contribution in [2.75, 3.05) is 5.73 Å². The normalized spacial score (nSPS) is 10.7. The van der Waals surface area contributed by atoms with Crippen molar-refractivity contribution >= 4 is 17.2 Å². The summed E-state index contributed by atoms with van der Waals surface area (Å²) in [4.78, 5) is 15.5. The van der Waals surface area contributed by atoms with E-state index in [4.69, 9.17) is 5.73 Å². The Bertz CT molecular complexity index is 777. The molecule has 1 aromatic carbocycles. The molecule has 0 fully saturated rings. The first-order valence-corrected chi connectivity index (χ1v) is 5.72. The molecule has 0 saturated carbocycles. The van der Waals surface area contributed by atoms with Gasteiger partial charge in [-0.3, -0.25) is 4.40 Å². The number of anilines is 1. The van der Waals surface area contributed by atoms with Gasteiger partial charge < -0.3 is 10.8 Å². The Morgan fingerprint density at radius 1 is 1.26 bits per heavy atom. The Hall–Kier alpha value is -2.82. The van der Waals surface area contributed by atoms with Gasteiger partial charge in [0.15, 0.2) is 0 Å². The lowest BCUT2D eigenvalue weighted by atomic mass is 10.1. The van der Waals surface area contributed by atoms with Gasteiger partial charge in [0, 0.05) is 17.4 Å². The first-order valence-electron chi connectivity index (χ1n) is 5.72. The molecule has 0 saturated heterocycles. The van der Waals surface area contributed by atoms with Crippen LogP contribution < -0.4 is 5.73 Å². The predicted molar refractivity (Wildman–Crippen MR) is 72.0 cm³/mol. The van der Waals surface area contributed by atoms with Gasteiger partial charge in [0.1, 0.15) is 5.82 Å². The zero-order valence-corrected chi connectivity index (χ0v) is 9.95. The molecule has 0 amide bonds. The van der Waals surface area contributed by atoms with E-state index in [0.29, 0.717) is 17.1 Å². The lowest BCUT2D eigenvalue weighted by molar-refractivity contribution is 0.0697. The van der Waals surface area contributed by atoms with E-state index in [2.05, 4.69) is 4.98 Å². The van der Waals surface area contributed by atoms with Crippen LogP contribution in [0.4, 0.5) is 5.69 Å². The number of hydrogen-bond acceptors (Lipinski definition) is 3. The van der Waals surface area contributed by atoms with Crippen LogP contribution in [0.3, 0.4) is 0 Å². The summed E-state index contributed by atoms with van der Waals surface area (Å²) in [5, 5.41) is 9.22. The molecule has 0 aliphatic carbocycles. The number of carboxylic acid groups (broad SMARTS) is 1. The van der Waals surface area contributed by atoms with Gasteiger partial charge in [-0.15, -0.1) is 0 Å². The molecular weight excluding hydrogens is 242 g/mol. The van der Waals surface area contributed by atoms with Crippen molar-refractivity contribution in [2.45, 2.75) is 0 Å². The van der Waals surface area contributed by atoms with E-state index >= 15 is 0 Å². The van der Waals surface area contributed by atoms with E-state index in [-0.39, 0.29) is 5.56 Å². The third kappa shape index (κ3) is 1.81. The second-order valence-corrected chi connectivity index (χ2v) is 4.19. The van der Waals surface area contributed by atoms with Crippen molar-refractivity contribution in [3.05, 3.63) is 54.4 Å². The van der Waals surface area contributed by atoms with Gasteiger partial charge >= 0.3 is 5.97 Å². The lowest BCUT2D eigenvalue weighted by Crippen LogP contribution is -2.01. The fourth-order valence-electron chi connectivity index (χ4n) is 2.08. The number of pyridine rings is 1. The number of nitrogens with two attached hydrogens (primary N) is 1. The summed E-state index contributed by atoms with van der Waals surface area (Å²) < 4.78 is 1.82. The Morgan fingerprint density at radius 2 is 2.05 bits per heavy atom. The largest absolute Gasteiger partial charge is 0.478 e. The molecule has 5 nitrogen and oxygen atoms in total. The van der Waals surface area contributed by atoms with Crippen LogP contribution in [0.25, 0.3) is 16.9 Å². The summed E-state index contributed by atoms with van der Waals surface area (Å²) >= 11 is 0. The number of carboxylic acids is 1. The van der Waals surface area contributed by atoms with Gasteiger partial charge in [0.05, 0.1) is 17.3 Å². The number of nitrogens with zero attached hydrogens (tertiary/aromatic N) is 2. The number of imidazole rings is 1. The Labute approximate surface area is 108 Å². The van der Waals surface area contributed by atoms with E-state index in [1.807, 2.05) is 4.40 Å². The number of benzene rings is 1. The summed E-state index contributed by atoms with van der Waals surface area (Å²) in [5.74, 6) is -0.379. The predicted octanol–water partition coefficient (Wildman–Crippen LogP) is 2.28. The Balaban J connectivity index is 2.28. The maximum atomic E-state index is 11.3. The fourth-order valence-corrected chi connectivity index (χ4v) is 2.08. The van der Waals surface area contributed by atoms with Gasteiger partial charge in [-0.1, -0.05) is 18.2 Å². The van der Waals surface area contributed by atoms with Crippen LogP contribution in [0, 0.1) is 0 Å². The molecule has 3 rings (SSSR count). The van der Waals surface area contributed by atoms with Crippen molar-refractivity contribution in [3.8, 4) is 11.4 Å². The minimum Gasteiger partial charge on any atom is -0.478 e. The standard InChI is InChI=1S/C14H11N3O2/c15-9-5-6-17-10(7-9)8-16-13(17)11-3-1-2-4-12(11)14(18)19/h1-8H,15H2,(H,18,19). The summed E-state index contributed by atoms with van der Waals surface area (Å²) in [7, 11) is 0. The van der Waals surface area contributed by atoms with Crippen molar-refractivity contribution < 1.29 is 9.90 Å². The number of fused-ring (bicyclic) bond motifs is 1. The van der Waals surface area contributed by atoms with Crippen LogP contribution in [-0.4, -0.2) is 20.5 Å². The number of carbonyl (C=O) groups is 1. The third-order valence-electron chi connectivity index (χ3n) is 2.95. The second-order valence-electron chi connectivity index (χ2n) is 4.19. The summed E-state index contributed by atoms with van der Waals surface area (Å²) in [6.45, 7) is 0. The number of nitrogen functional groups attached to an aromatic ring is 1. The topological polar surface area (TPSA) is 80.6 Å². The fraction of sp³-hybridized carbons (Fsp3) is 0. The molecule has 3 aromatic rings. The zero-order chi connectivity index (χ0) is 13.4. The van der Waals surface area contributed by atoms with Crippen LogP contribution >= 0.6 is 0 Å². The molecule has 0 unspecified atom stereocenters. The molecule has 0 aliphatic heterocycles. The molecule has 94 valence electrons. The molecule has 2 heterocycles. The summed E-state index contributed by atoms with van der Waals surface area (Å²) in [6, 6.07) is 10.3. The van der Waals surface area contributed by atoms with Crippen LogP contribution in [0.2, 0.25) is 0 Å². The molecule has 3 N–H and O–H groups in total. The first kappa shape index (κ1) is 11.3. The van der Waals surface area contributed by atoms with Crippen molar-refractivity contribution in [3.63, 3.8) is 0 Å². The molecular formula is C14H11N3O2. The summed E-state index contributed by atoms with van der Waals surface area (Å²) in [6.07, 6.45) is 3.45. The van der Waals surface area contributed by atoms with Gasteiger partial charge in [0.2, 0.25) is 0 Å². The average molecular weight is 253 g/mol. The third-order valence-corrected chi connectivity index (χ3v) is 2.95. The van der Waals surface area contributed by atoms with E-state index in [9.17, 15) is 9.90 Å². The van der Waals surface area contributed by atoms with E-state index in [0.717, 1.165) is 5.52 Å². The van der Waals surface area contributed by atoms with Gasteiger partial charge in [-0.05, 0) is 18.2 Å². The average Bonchev–Trinajstić information content (AvgIpc) is 2.81. The molecule has 0 bridgehead atoms. The number of hydrogen-bond donors (Lipinski definition) is 2. The minimum atomic E-state index is -0.970. The lowest BCUT2D eigenvalue weighted by Gasteiger charge is -2.05. The molecule has 0 atom stereocenters. The molecule has 0 spiro atoms. The molecule has 0 aliphatic rings. The highest BCUT2D eigenvalue weighted by molar-refractivity contribution is 5.95. The zero-order valence-electron chi connectivity index (χ0n) is 9.95. The molecule has 0 radical (unpaired) electrons. The van der Waals surface area contributed by atoms with Gasteiger partial charge in [0.25, 0.3) is 0 Å². The highest BCUT2D eigenvalue weighted by Crippen LogP contribution is 2.24. The van der Waals surface area contributed by atoms with Crippen molar-refractivity contribution in [1.82, 2.24) is 9.38 Å². The molecule has 19 heavy (non-hydrogen) atoms. The van der Waals surface area contributed by atoms with Crippen LogP contribution in [-0.2, 0) is 0 Å². The van der Waals surface area contributed by atoms with Crippen LogP contribution in [0.1, 0.15) is 10.4 Å². The first-order chi connectivity index (χ1) is 9.16. The number of rotatable bonds is 2. The monoisotopic (exact) mass is 253 g/mol. The SMILES string of the molecule is Nc1ccn2c(-c3ccccc3C(=O)O)ncc2c1. The molecule has 2 aromatic heterocycles. The smallest absolute Gasteiger partial charge is 0.336 e. The van der Waals surface area contributed by atoms with Gasteiger partial charge in [-0.25, -0.2) is 9.78 Å². The molecule has 5 heteroatoms. The Morgan fingerprint density at radius 3 is 2.84 bits per heavy atom. The number of aromatic nitrogens is 2. The van der Waals surface area contributed by atoms with Crippen LogP contribution in [0.15, 0.2) is 48.8 Å². The maximum absolute atomic E-state index is 11.3. The van der Waals surface area contributed by atoms with E-state index < -0.39 is 5.97 Å². The van der Waals surface area contributed by atoms with E-state index in [1.54, 1.807) is 48.8 Å². The quantitative estimate of drug-likeness (QED) is 0.734. The van der Waals surface area contributed by atoms with Crippen LogP contribution in [0.5, 0.6) is 0 Å². The minimum absolute atomic E-state index is 0.229. The Kier molecular flexibility index (Phi) is 2.45. The van der Waals surface area contributed by atoms with Crippen molar-refractivity contribution in [2.24, 2.45) is 0 Å². The van der Waals surface area contributed by atoms with Crippen molar-refractivity contribution in [1.29, 1.82) is 0 Å². The summed E-state index contributed by atoms with van der Waals surface area (Å²) in [5.41, 5.74) is 8.00. The maximum Gasteiger partial charge on any atom is 0.336 e.